The molecule has 0 aliphatic heterocycles. The number of furan rings is 1. The monoisotopic (exact) mass is 652 g/mol. The van der Waals surface area contributed by atoms with Gasteiger partial charge in [-0.25, -0.2) is 0 Å². The summed E-state index contributed by atoms with van der Waals surface area (Å²) in [4.78, 5) is 2.38. The van der Waals surface area contributed by atoms with Crippen molar-refractivity contribution in [3.05, 3.63) is 194 Å². The zero-order chi connectivity index (χ0) is 33.7. The summed E-state index contributed by atoms with van der Waals surface area (Å²) in [7, 11) is 0. The van der Waals surface area contributed by atoms with E-state index < -0.39 is 0 Å². The highest BCUT2D eigenvalue weighted by Gasteiger charge is 2.20. The maximum Gasteiger partial charge on any atom is 0.143 e. The Labute approximate surface area is 295 Å². The third kappa shape index (κ3) is 4.90. The number of nitrogens with zero attached hydrogens (tertiary/aromatic N) is 2. The number of hydrogen-bond donors (Lipinski definition) is 0. The van der Waals surface area contributed by atoms with Crippen LogP contribution in [0.4, 0.5) is 17.1 Å². The van der Waals surface area contributed by atoms with Crippen molar-refractivity contribution in [3.8, 4) is 27.9 Å². The van der Waals surface area contributed by atoms with Gasteiger partial charge in [0, 0.05) is 49.9 Å². The molecule has 10 aromatic rings. The fraction of sp³-hybridized carbons (Fsp3) is 0. The van der Waals surface area contributed by atoms with E-state index in [-0.39, 0.29) is 0 Å². The van der Waals surface area contributed by atoms with Crippen LogP contribution in [0, 0.1) is 0 Å². The first kappa shape index (κ1) is 29.1. The van der Waals surface area contributed by atoms with Gasteiger partial charge in [-0.15, -0.1) is 0 Å². The molecule has 0 spiro atoms. The van der Waals surface area contributed by atoms with Gasteiger partial charge in [0.25, 0.3) is 0 Å². The third-order valence-corrected chi connectivity index (χ3v) is 9.94. The van der Waals surface area contributed by atoms with Gasteiger partial charge in [0.2, 0.25) is 0 Å². The summed E-state index contributed by atoms with van der Waals surface area (Å²) >= 11 is 0. The van der Waals surface area contributed by atoms with E-state index in [1.54, 1.807) is 0 Å². The highest BCUT2D eigenvalue weighted by atomic mass is 16.3. The summed E-state index contributed by atoms with van der Waals surface area (Å²) in [5.74, 6) is 0. The molecule has 51 heavy (non-hydrogen) atoms. The first-order valence-corrected chi connectivity index (χ1v) is 17.4. The van der Waals surface area contributed by atoms with Crippen LogP contribution >= 0.6 is 0 Å². The predicted octanol–water partition coefficient (Wildman–Crippen LogP) is 13.5. The van der Waals surface area contributed by atoms with E-state index in [0.29, 0.717) is 0 Å². The van der Waals surface area contributed by atoms with Gasteiger partial charge >= 0.3 is 0 Å². The van der Waals surface area contributed by atoms with Crippen LogP contribution in [0.2, 0.25) is 0 Å². The Morgan fingerprint density at radius 1 is 0.373 bits per heavy atom. The summed E-state index contributed by atoms with van der Waals surface area (Å²) in [5, 5.41) is 4.71. The molecule has 0 N–H and O–H groups in total. The molecule has 0 saturated carbocycles. The fourth-order valence-corrected chi connectivity index (χ4v) is 7.65. The van der Waals surface area contributed by atoms with Crippen LogP contribution in [0.5, 0.6) is 0 Å². The summed E-state index contributed by atoms with van der Waals surface area (Å²) in [6.45, 7) is 0. The van der Waals surface area contributed by atoms with Crippen molar-refractivity contribution in [2.24, 2.45) is 0 Å². The van der Waals surface area contributed by atoms with Crippen LogP contribution in [0.15, 0.2) is 199 Å². The minimum Gasteiger partial charge on any atom is -0.455 e. The smallest absolute Gasteiger partial charge is 0.143 e. The summed E-state index contributed by atoms with van der Waals surface area (Å²) in [5.41, 5.74) is 13.0. The molecule has 2 heterocycles. The van der Waals surface area contributed by atoms with Crippen LogP contribution in [0.1, 0.15) is 0 Å². The number of hydrogen-bond acceptors (Lipinski definition) is 2. The molecular formula is C48H32N2O. The third-order valence-electron chi connectivity index (χ3n) is 9.94. The number of anilines is 3. The second-order valence-electron chi connectivity index (χ2n) is 13.0. The number of para-hydroxylation sites is 5. The topological polar surface area (TPSA) is 21.3 Å². The van der Waals surface area contributed by atoms with Crippen LogP contribution in [-0.4, -0.2) is 4.57 Å². The minimum absolute atomic E-state index is 0.896. The van der Waals surface area contributed by atoms with Gasteiger partial charge in [0.05, 0.1) is 11.0 Å². The maximum absolute atomic E-state index is 6.57. The van der Waals surface area contributed by atoms with Gasteiger partial charge < -0.3 is 13.9 Å². The van der Waals surface area contributed by atoms with Gasteiger partial charge in [0.1, 0.15) is 11.2 Å². The van der Waals surface area contributed by atoms with E-state index in [0.717, 1.165) is 72.5 Å². The molecule has 0 bridgehead atoms. The number of aromatic nitrogens is 1. The zero-order valence-electron chi connectivity index (χ0n) is 27.8. The highest BCUT2D eigenvalue weighted by Crippen LogP contribution is 2.44. The average molecular weight is 653 g/mol. The summed E-state index contributed by atoms with van der Waals surface area (Å²) < 4.78 is 8.95. The molecule has 0 fully saturated rings. The molecule has 2 aromatic heterocycles. The van der Waals surface area contributed by atoms with E-state index >= 15 is 0 Å². The van der Waals surface area contributed by atoms with Crippen LogP contribution < -0.4 is 4.90 Å². The largest absolute Gasteiger partial charge is 0.455 e. The normalized spacial score (nSPS) is 11.5. The van der Waals surface area contributed by atoms with E-state index in [1.807, 2.05) is 12.1 Å². The standard InChI is InChI=1S/C48H32N2O/c1-4-15-33(16-5-1)34-29-35(40-23-14-24-44-43-22-11-13-26-47(43)51-48(40)44)31-39(30-34)49(36-17-6-2-7-18-36)38-27-28-42-41-21-10-12-25-45(41)50(46(42)32-38)37-19-8-3-9-20-37/h1-32H. The molecule has 0 aliphatic rings. The minimum atomic E-state index is 0.896. The average Bonchev–Trinajstić information content (AvgIpc) is 3.75. The van der Waals surface area contributed by atoms with Crippen LogP contribution in [-0.2, 0) is 0 Å². The second kappa shape index (κ2) is 11.9. The number of fused-ring (bicyclic) bond motifs is 6. The second-order valence-corrected chi connectivity index (χ2v) is 13.0. The molecule has 0 aliphatic carbocycles. The molecule has 10 rings (SSSR count). The molecule has 0 amide bonds. The molecular weight excluding hydrogens is 621 g/mol. The van der Waals surface area contributed by atoms with E-state index in [9.17, 15) is 0 Å². The molecule has 0 radical (unpaired) electrons. The first-order chi connectivity index (χ1) is 25.3. The molecule has 0 saturated heterocycles. The molecule has 240 valence electrons. The Kier molecular flexibility index (Phi) is 6.81. The molecule has 8 aromatic carbocycles. The van der Waals surface area contributed by atoms with Gasteiger partial charge in [-0.3, -0.25) is 0 Å². The van der Waals surface area contributed by atoms with Crippen molar-refractivity contribution in [1.29, 1.82) is 0 Å². The Bertz CT molecular complexity index is 2850. The Morgan fingerprint density at radius 3 is 1.84 bits per heavy atom. The van der Waals surface area contributed by atoms with E-state index in [2.05, 4.69) is 191 Å². The number of rotatable bonds is 6. The van der Waals surface area contributed by atoms with Gasteiger partial charge in [0.15, 0.2) is 0 Å². The maximum atomic E-state index is 6.57. The van der Waals surface area contributed by atoms with E-state index in [1.165, 1.54) is 16.3 Å². The van der Waals surface area contributed by atoms with Crippen molar-refractivity contribution in [1.82, 2.24) is 4.57 Å². The molecule has 3 nitrogen and oxygen atoms in total. The highest BCUT2D eigenvalue weighted by molar-refractivity contribution is 6.11. The fourth-order valence-electron chi connectivity index (χ4n) is 7.65. The first-order valence-electron chi connectivity index (χ1n) is 17.4. The molecule has 0 unspecified atom stereocenters. The number of benzene rings is 8. The Balaban J connectivity index is 1.24. The quantitative estimate of drug-likeness (QED) is 0.178. The lowest BCUT2D eigenvalue weighted by Crippen LogP contribution is -2.10. The van der Waals surface area contributed by atoms with Crippen molar-refractivity contribution in [3.63, 3.8) is 0 Å². The zero-order valence-corrected chi connectivity index (χ0v) is 27.8. The Morgan fingerprint density at radius 2 is 1.02 bits per heavy atom. The summed E-state index contributed by atoms with van der Waals surface area (Å²) in [6, 6.07) is 69.2. The molecule has 3 heteroatoms. The van der Waals surface area contributed by atoms with Crippen molar-refractivity contribution >= 4 is 60.8 Å². The lowest BCUT2D eigenvalue weighted by molar-refractivity contribution is 0.670. The van der Waals surface area contributed by atoms with Crippen molar-refractivity contribution in [2.75, 3.05) is 4.90 Å². The van der Waals surface area contributed by atoms with E-state index in [4.69, 9.17) is 4.42 Å². The lowest BCUT2D eigenvalue weighted by atomic mass is 9.96. The summed E-state index contributed by atoms with van der Waals surface area (Å²) in [6.07, 6.45) is 0. The predicted molar refractivity (Wildman–Crippen MR) is 214 cm³/mol. The van der Waals surface area contributed by atoms with Gasteiger partial charge in [-0.05, 0) is 83.4 Å². The molecule has 0 atom stereocenters. The Hall–Kier alpha value is -6.84. The lowest BCUT2D eigenvalue weighted by Gasteiger charge is -2.27. The van der Waals surface area contributed by atoms with Crippen LogP contribution in [0.25, 0.3) is 71.7 Å². The van der Waals surface area contributed by atoms with Crippen molar-refractivity contribution in [2.45, 2.75) is 0 Å². The van der Waals surface area contributed by atoms with Gasteiger partial charge in [-0.2, -0.15) is 0 Å². The SMILES string of the molecule is c1ccc(-c2cc(-c3cccc4c3oc3ccccc34)cc(N(c3ccccc3)c3ccc4c5ccccc5n(-c5ccccc5)c4c3)c2)cc1. The van der Waals surface area contributed by atoms with Crippen molar-refractivity contribution < 1.29 is 4.42 Å². The van der Waals surface area contributed by atoms with Crippen LogP contribution in [0.3, 0.4) is 0 Å². The van der Waals surface area contributed by atoms with Gasteiger partial charge in [-0.1, -0.05) is 127 Å².